The predicted molar refractivity (Wildman–Crippen MR) is 71.8 cm³/mol. The van der Waals surface area contributed by atoms with Gasteiger partial charge >= 0.3 is 0 Å². The summed E-state index contributed by atoms with van der Waals surface area (Å²) in [7, 11) is 0. The van der Waals surface area contributed by atoms with E-state index in [1.807, 2.05) is 11.4 Å². The molecule has 4 heteroatoms. The third kappa shape index (κ3) is 2.30. The van der Waals surface area contributed by atoms with Gasteiger partial charge in [-0.3, -0.25) is 0 Å². The molecule has 0 saturated carbocycles. The molecule has 1 aromatic heterocycles. The summed E-state index contributed by atoms with van der Waals surface area (Å²) in [4.78, 5) is 0.778. The number of thiophene rings is 1. The second-order valence-electron chi connectivity index (χ2n) is 4.13. The summed E-state index contributed by atoms with van der Waals surface area (Å²) in [5.74, 6) is -0.296. The molecule has 2 rings (SSSR count). The minimum atomic E-state index is -1.18. The molecule has 0 aliphatic carbocycles. The van der Waals surface area contributed by atoms with Gasteiger partial charge in [0.15, 0.2) is 0 Å². The Morgan fingerprint density at radius 3 is 2.59 bits per heavy atom. The van der Waals surface area contributed by atoms with Crippen molar-refractivity contribution in [2.75, 3.05) is 0 Å². The first-order valence-electron chi connectivity index (χ1n) is 5.15. The van der Waals surface area contributed by atoms with Gasteiger partial charge in [0.2, 0.25) is 0 Å². The van der Waals surface area contributed by atoms with Crippen LogP contribution >= 0.6 is 27.3 Å². The molecular formula is C13H12BrFOS. The second-order valence-corrected chi connectivity index (χ2v) is 5.90. The third-order valence-corrected chi connectivity index (χ3v) is 4.84. The van der Waals surface area contributed by atoms with Crippen molar-refractivity contribution in [3.05, 3.63) is 55.9 Å². The molecule has 0 fully saturated rings. The van der Waals surface area contributed by atoms with E-state index in [1.165, 1.54) is 17.4 Å². The molecule has 90 valence electrons. The lowest BCUT2D eigenvalue weighted by Gasteiger charge is -2.23. The molecule has 1 aromatic carbocycles. The molecule has 0 bridgehead atoms. The molecule has 0 aliphatic heterocycles. The Hall–Kier alpha value is -0.710. The van der Waals surface area contributed by atoms with Crippen LogP contribution in [0.2, 0.25) is 0 Å². The quantitative estimate of drug-likeness (QED) is 0.880. The first-order chi connectivity index (χ1) is 7.93. The maximum atomic E-state index is 13.5. The van der Waals surface area contributed by atoms with E-state index in [9.17, 15) is 9.50 Å². The van der Waals surface area contributed by atoms with E-state index in [-0.39, 0.29) is 5.82 Å². The van der Waals surface area contributed by atoms with Crippen LogP contribution in [-0.2, 0) is 5.60 Å². The molecule has 2 aromatic rings. The van der Waals surface area contributed by atoms with Crippen molar-refractivity contribution in [2.45, 2.75) is 19.4 Å². The average Bonchev–Trinajstić information content (AvgIpc) is 2.69. The summed E-state index contributed by atoms with van der Waals surface area (Å²) >= 11 is 4.83. The highest BCUT2D eigenvalue weighted by Crippen LogP contribution is 2.38. The van der Waals surface area contributed by atoms with Gasteiger partial charge in [0.1, 0.15) is 11.4 Å². The number of aryl methyl sites for hydroxylation is 1. The summed E-state index contributed by atoms with van der Waals surface area (Å²) < 4.78 is 14.4. The number of halogens is 2. The number of aliphatic hydroxyl groups is 1. The summed E-state index contributed by atoms with van der Waals surface area (Å²) in [5, 5.41) is 12.4. The fourth-order valence-electron chi connectivity index (χ4n) is 1.67. The van der Waals surface area contributed by atoms with Gasteiger partial charge in [-0.25, -0.2) is 4.39 Å². The van der Waals surface area contributed by atoms with Crippen LogP contribution in [0.25, 0.3) is 0 Å². The summed E-state index contributed by atoms with van der Waals surface area (Å²) in [6.45, 7) is 3.38. The number of hydrogen-bond donors (Lipinski definition) is 1. The van der Waals surface area contributed by atoms with Crippen molar-refractivity contribution < 1.29 is 9.50 Å². The predicted octanol–water partition coefficient (Wildman–Crippen LogP) is 4.21. The highest BCUT2D eigenvalue weighted by Gasteiger charge is 2.29. The molecule has 0 amide bonds. The second kappa shape index (κ2) is 4.52. The van der Waals surface area contributed by atoms with Gasteiger partial charge in [-0.15, -0.1) is 11.3 Å². The smallest absolute Gasteiger partial charge is 0.126 e. The van der Waals surface area contributed by atoms with E-state index < -0.39 is 5.60 Å². The van der Waals surface area contributed by atoms with Gasteiger partial charge in [0.05, 0.1) is 4.88 Å². The minimum absolute atomic E-state index is 0.296. The largest absolute Gasteiger partial charge is 0.380 e. The highest BCUT2D eigenvalue weighted by molar-refractivity contribution is 9.10. The first-order valence-corrected chi connectivity index (χ1v) is 6.82. The topological polar surface area (TPSA) is 20.2 Å². The molecule has 0 saturated heterocycles. The van der Waals surface area contributed by atoms with Crippen molar-refractivity contribution in [2.24, 2.45) is 0 Å². The van der Waals surface area contributed by atoms with Crippen LogP contribution in [0, 0.1) is 12.7 Å². The zero-order chi connectivity index (χ0) is 12.6. The molecule has 0 radical (unpaired) electrons. The molecule has 1 N–H and O–H groups in total. The first kappa shape index (κ1) is 12.7. The molecule has 1 nitrogen and oxygen atoms in total. The standard InChI is InChI=1S/C13H12BrFOS/c1-8-3-4-9(7-11(8)15)13(2,16)12-10(14)5-6-17-12/h3-7,16H,1-2H3. The molecule has 1 heterocycles. The monoisotopic (exact) mass is 314 g/mol. The Bertz CT molecular complexity index is 548. The van der Waals surface area contributed by atoms with E-state index in [2.05, 4.69) is 15.9 Å². The number of hydrogen-bond acceptors (Lipinski definition) is 2. The molecule has 17 heavy (non-hydrogen) atoms. The van der Waals surface area contributed by atoms with E-state index in [1.54, 1.807) is 26.0 Å². The fraction of sp³-hybridized carbons (Fsp3) is 0.231. The van der Waals surface area contributed by atoms with Gasteiger partial charge in [-0.1, -0.05) is 12.1 Å². The maximum Gasteiger partial charge on any atom is 0.126 e. The summed E-state index contributed by atoms with van der Waals surface area (Å²) in [5.41, 5.74) is -0.0415. The molecule has 0 spiro atoms. The summed E-state index contributed by atoms with van der Waals surface area (Å²) in [6.07, 6.45) is 0. The Morgan fingerprint density at radius 2 is 2.06 bits per heavy atom. The Kier molecular flexibility index (Phi) is 3.39. The van der Waals surface area contributed by atoms with E-state index in [4.69, 9.17) is 0 Å². The molecule has 0 aliphatic rings. The lowest BCUT2D eigenvalue weighted by Crippen LogP contribution is -2.22. The SMILES string of the molecule is Cc1ccc(C(C)(O)c2sccc2Br)cc1F. The van der Waals surface area contributed by atoms with Crippen LogP contribution in [0.1, 0.15) is 22.9 Å². The fourth-order valence-corrected chi connectivity index (χ4v) is 3.51. The van der Waals surface area contributed by atoms with Crippen LogP contribution in [0.4, 0.5) is 4.39 Å². The van der Waals surface area contributed by atoms with Gasteiger partial charge in [-0.2, -0.15) is 0 Å². The number of rotatable bonds is 2. The minimum Gasteiger partial charge on any atom is -0.380 e. The van der Waals surface area contributed by atoms with Crippen LogP contribution in [0.3, 0.4) is 0 Å². The molecule has 1 unspecified atom stereocenters. The number of benzene rings is 1. The van der Waals surface area contributed by atoms with E-state index in [0.29, 0.717) is 11.1 Å². The van der Waals surface area contributed by atoms with Crippen molar-refractivity contribution in [1.29, 1.82) is 0 Å². The highest BCUT2D eigenvalue weighted by atomic mass is 79.9. The Labute approximate surface area is 112 Å². The lowest BCUT2D eigenvalue weighted by atomic mass is 9.93. The van der Waals surface area contributed by atoms with Crippen molar-refractivity contribution in [1.82, 2.24) is 0 Å². The lowest BCUT2D eigenvalue weighted by molar-refractivity contribution is 0.105. The normalized spacial score (nSPS) is 14.6. The van der Waals surface area contributed by atoms with E-state index >= 15 is 0 Å². The van der Waals surface area contributed by atoms with Gasteiger partial charge < -0.3 is 5.11 Å². The Morgan fingerprint density at radius 1 is 1.35 bits per heavy atom. The van der Waals surface area contributed by atoms with Crippen LogP contribution in [0.15, 0.2) is 34.1 Å². The van der Waals surface area contributed by atoms with Crippen molar-refractivity contribution >= 4 is 27.3 Å². The third-order valence-electron chi connectivity index (χ3n) is 2.79. The zero-order valence-electron chi connectivity index (χ0n) is 9.50. The molecule has 1 atom stereocenters. The Balaban J connectivity index is 2.51. The average molecular weight is 315 g/mol. The van der Waals surface area contributed by atoms with Gasteiger partial charge in [0.25, 0.3) is 0 Å². The van der Waals surface area contributed by atoms with E-state index in [0.717, 1.165) is 9.35 Å². The van der Waals surface area contributed by atoms with Crippen molar-refractivity contribution in [3.63, 3.8) is 0 Å². The van der Waals surface area contributed by atoms with Crippen LogP contribution in [0.5, 0.6) is 0 Å². The van der Waals surface area contributed by atoms with Gasteiger partial charge in [-0.05, 0) is 58.4 Å². The van der Waals surface area contributed by atoms with Gasteiger partial charge in [0, 0.05) is 4.47 Å². The zero-order valence-corrected chi connectivity index (χ0v) is 11.9. The van der Waals surface area contributed by atoms with Crippen molar-refractivity contribution in [3.8, 4) is 0 Å². The van der Waals surface area contributed by atoms with Crippen LogP contribution in [-0.4, -0.2) is 5.11 Å². The maximum absolute atomic E-state index is 13.5. The summed E-state index contributed by atoms with van der Waals surface area (Å²) in [6, 6.07) is 6.70. The van der Waals surface area contributed by atoms with Crippen LogP contribution < -0.4 is 0 Å². The molecular weight excluding hydrogens is 303 g/mol.